The lowest BCUT2D eigenvalue weighted by Gasteiger charge is -2.25. The maximum Gasteiger partial charge on any atom is 0.433 e. The van der Waals surface area contributed by atoms with E-state index in [-0.39, 0.29) is 36.3 Å². The van der Waals surface area contributed by atoms with Gasteiger partial charge in [-0.05, 0) is 38.3 Å². The number of ether oxygens (including phenoxy) is 1. The Bertz CT molecular complexity index is 737. The first kappa shape index (κ1) is 18.7. The van der Waals surface area contributed by atoms with E-state index in [1.807, 2.05) is 0 Å². The van der Waals surface area contributed by atoms with Gasteiger partial charge in [-0.15, -0.1) is 0 Å². The summed E-state index contributed by atoms with van der Waals surface area (Å²) in [5, 5.41) is 0. The Labute approximate surface area is 147 Å². The normalized spacial score (nSPS) is 25.6. The monoisotopic (exact) mass is 369 g/mol. The van der Waals surface area contributed by atoms with Crippen LogP contribution in [-0.2, 0) is 27.1 Å². The van der Waals surface area contributed by atoms with Crippen LogP contribution in [-0.4, -0.2) is 28.9 Å². The lowest BCUT2D eigenvalue weighted by Crippen LogP contribution is -2.42. The molecule has 3 rings (SSSR count). The van der Waals surface area contributed by atoms with Crippen LogP contribution >= 0.6 is 0 Å². The van der Waals surface area contributed by atoms with E-state index in [2.05, 4.69) is 4.98 Å². The van der Waals surface area contributed by atoms with Crippen molar-refractivity contribution >= 4 is 17.3 Å². The molecule has 8 heteroatoms. The molecule has 0 aliphatic heterocycles. The van der Waals surface area contributed by atoms with E-state index in [0.717, 1.165) is 6.07 Å². The fourth-order valence-electron chi connectivity index (χ4n) is 3.72. The van der Waals surface area contributed by atoms with E-state index in [1.165, 1.54) is 0 Å². The van der Waals surface area contributed by atoms with Crippen molar-refractivity contribution in [3.8, 4) is 0 Å². The van der Waals surface area contributed by atoms with Crippen LogP contribution in [0.25, 0.3) is 0 Å². The number of fused-ring (bicyclic) bond motifs is 2. The number of Topliss-reactive ketones (excluding diaryl/α,β-unsaturated/α-hetero) is 3. The number of pyridine rings is 1. The molecule has 0 radical (unpaired) electrons. The number of rotatable bonds is 5. The van der Waals surface area contributed by atoms with Crippen molar-refractivity contribution < 1.29 is 32.3 Å². The minimum absolute atomic E-state index is 0.153. The number of carbonyl (C=O) groups is 3. The second-order valence-electron chi connectivity index (χ2n) is 6.63. The lowest BCUT2D eigenvalue weighted by molar-refractivity contribution is -0.141. The SMILES string of the molecule is CCOCc1nc(C(F)(F)F)ccc1C(=O)C1C(=O)C2CCC(C2)C1=O. The van der Waals surface area contributed by atoms with Gasteiger partial charge in [0.2, 0.25) is 0 Å². The van der Waals surface area contributed by atoms with Gasteiger partial charge in [-0.25, -0.2) is 4.98 Å². The molecule has 2 bridgehead atoms. The van der Waals surface area contributed by atoms with Gasteiger partial charge < -0.3 is 4.74 Å². The van der Waals surface area contributed by atoms with Gasteiger partial charge in [0, 0.05) is 24.0 Å². The van der Waals surface area contributed by atoms with Gasteiger partial charge in [0.1, 0.15) is 11.6 Å². The van der Waals surface area contributed by atoms with E-state index < -0.39 is 35.1 Å². The molecule has 0 N–H and O–H groups in total. The second-order valence-corrected chi connectivity index (χ2v) is 6.63. The highest BCUT2D eigenvalue weighted by atomic mass is 19.4. The Kier molecular flexibility index (Phi) is 4.96. The van der Waals surface area contributed by atoms with E-state index in [0.29, 0.717) is 25.3 Å². The van der Waals surface area contributed by atoms with Crippen LogP contribution in [0.3, 0.4) is 0 Å². The van der Waals surface area contributed by atoms with Gasteiger partial charge in [-0.2, -0.15) is 13.2 Å². The van der Waals surface area contributed by atoms with Crippen LogP contribution in [0.2, 0.25) is 0 Å². The standard InChI is InChI=1S/C18H18F3NO4/c1-2-26-8-12-11(5-6-13(22-12)18(19,20)21)17(25)14-15(23)9-3-4-10(7-9)16(14)24/h5-6,9-10,14H,2-4,7-8H2,1H3. The summed E-state index contributed by atoms with van der Waals surface area (Å²) in [4.78, 5) is 41.3. The highest BCUT2D eigenvalue weighted by molar-refractivity contribution is 6.26. The molecule has 0 saturated heterocycles. The third-order valence-electron chi connectivity index (χ3n) is 5.04. The smallest absolute Gasteiger partial charge is 0.375 e. The van der Waals surface area contributed by atoms with Crippen molar-refractivity contribution in [3.05, 3.63) is 29.1 Å². The minimum Gasteiger partial charge on any atom is -0.375 e. The topological polar surface area (TPSA) is 73.3 Å². The molecule has 1 aromatic heterocycles. The molecule has 1 heterocycles. The number of halogens is 3. The number of ketones is 3. The molecule has 140 valence electrons. The molecule has 26 heavy (non-hydrogen) atoms. The first-order chi connectivity index (χ1) is 12.2. The average molecular weight is 369 g/mol. The second kappa shape index (κ2) is 6.90. The Balaban J connectivity index is 1.97. The fraction of sp³-hybridized carbons (Fsp3) is 0.556. The van der Waals surface area contributed by atoms with E-state index in [9.17, 15) is 27.6 Å². The molecule has 5 nitrogen and oxygen atoms in total. The maximum atomic E-state index is 12.9. The van der Waals surface area contributed by atoms with Crippen molar-refractivity contribution in [1.29, 1.82) is 0 Å². The molecule has 1 aromatic rings. The van der Waals surface area contributed by atoms with E-state index >= 15 is 0 Å². The molecular formula is C18H18F3NO4. The summed E-state index contributed by atoms with van der Waals surface area (Å²) in [6.07, 6.45) is -3.04. The molecule has 0 aromatic carbocycles. The van der Waals surface area contributed by atoms with Gasteiger partial charge in [0.15, 0.2) is 17.3 Å². The van der Waals surface area contributed by atoms with Gasteiger partial charge >= 0.3 is 6.18 Å². The number of carbonyl (C=O) groups excluding carboxylic acids is 3. The van der Waals surface area contributed by atoms with Crippen LogP contribution in [0.4, 0.5) is 13.2 Å². The Morgan fingerprint density at radius 1 is 1.19 bits per heavy atom. The number of hydrogen-bond acceptors (Lipinski definition) is 5. The summed E-state index contributed by atoms with van der Waals surface area (Å²) < 4.78 is 43.9. The summed E-state index contributed by atoms with van der Waals surface area (Å²) in [5.74, 6) is -3.67. The molecular weight excluding hydrogens is 351 g/mol. The molecule has 2 aliphatic rings. The Morgan fingerprint density at radius 2 is 1.81 bits per heavy atom. The van der Waals surface area contributed by atoms with Crippen molar-refractivity contribution in [3.63, 3.8) is 0 Å². The Morgan fingerprint density at radius 3 is 2.35 bits per heavy atom. The summed E-state index contributed by atoms with van der Waals surface area (Å²) in [5.41, 5.74) is -1.50. The molecule has 2 aliphatic carbocycles. The van der Waals surface area contributed by atoms with Crippen LogP contribution in [0, 0.1) is 17.8 Å². The highest BCUT2D eigenvalue weighted by Gasteiger charge is 2.50. The first-order valence-electron chi connectivity index (χ1n) is 8.50. The quantitative estimate of drug-likeness (QED) is 0.589. The fourth-order valence-corrected chi connectivity index (χ4v) is 3.72. The van der Waals surface area contributed by atoms with Crippen molar-refractivity contribution in [2.24, 2.45) is 17.8 Å². The zero-order valence-electron chi connectivity index (χ0n) is 14.1. The molecule has 0 spiro atoms. The van der Waals surface area contributed by atoms with E-state index in [4.69, 9.17) is 4.74 Å². The van der Waals surface area contributed by atoms with Crippen molar-refractivity contribution in [2.45, 2.75) is 39.0 Å². The van der Waals surface area contributed by atoms with Gasteiger partial charge in [0.05, 0.1) is 12.3 Å². The molecule has 2 saturated carbocycles. The first-order valence-corrected chi connectivity index (χ1v) is 8.50. The van der Waals surface area contributed by atoms with Gasteiger partial charge in [-0.3, -0.25) is 14.4 Å². The molecule has 2 fully saturated rings. The van der Waals surface area contributed by atoms with Gasteiger partial charge in [-0.1, -0.05) is 0 Å². The minimum atomic E-state index is -4.67. The molecule has 2 atom stereocenters. The van der Waals surface area contributed by atoms with Gasteiger partial charge in [0.25, 0.3) is 0 Å². The zero-order chi connectivity index (χ0) is 19.1. The molecule has 2 unspecified atom stereocenters. The van der Waals surface area contributed by atoms with Crippen LogP contribution in [0.15, 0.2) is 12.1 Å². The maximum absolute atomic E-state index is 12.9. The lowest BCUT2D eigenvalue weighted by atomic mass is 9.75. The summed E-state index contributed by atoms with van der Waals surface area (Å²) in [6.45, 7) is 1.57. The summed E-state index contributed by atoms with van der Waals surface area (Å²) in [7, 11) is 0. The average Bonchev–Trinajstić information content (AvgIpc) is 3.04. The van der Waals surface area contributed by atoms with Crippen molar-refractivity contribution in [2.75, 3.05) is 6.61 Å². The highest BCUT2D eigenvalue weighted by Crippen LogP contribution is 2.41. The number of nitrogens with zero attached hydrogens (tertiary/aromatic N) is 1. The number of alkyl halides is 3. The third-order valence-corrected chi connectivity index (χ3v) is 5.04. The van der Waals surface area contributed by atoms with Crippen molar-refractivity contribution in [1.82, 2.24) is 4.98 Å². The number of aromatic nitrogens is 1. The summed E-state index contributed by atoms with van der Waals surface area (Å²) >= 11 is 0. The van der Waals surface area contributed by atoms with E-state index in [1.54, 1.807) is 6.92 Å². The third kappa shape index (κ3) is 3.30. The predicted molar refractivity (Wildman–Crippen MR) is 83.2 cm³/mol. The predicted octanol–water partition coefficient (Wildman–Crippen LogP) is 3.00. The zero-order valence-corrected chi connectivity index (χ0v) is 14.1. The Hall–Kier alpha value is -2.09. The largest absolute Gasteiger partial charge is 0.433 e. The summed E-state index contributed by atoms with van der Waals surface area (Å²) in [6, 6.07) is 1.68. The van der Waals surface area contributed by atoms with Crippen LogP contribution in [0.5, 0.6) is 0 Å². The number of hydrogen-bond donors (Lipinski definition) is 0. The van der Waals surface area contributed by atoms with Crippen LogP contribution < -0.4 is 0 Å². The van der Waals surface area contributed by atoms with Crippen LogP contribution in [0.1, 0.15) is 47.9 Å². The molecule has 0 amide bonds.